The number of anilines is 1. The topological polar surface area (TPSA) is 85.9 Å². The molecule has 2 aromatic carbocycles. The maximum atomic E-state index is 11.8. The van der Waals surface area contributed by atoms with E-state index >= 15 is 0 Å². The molecule has 28 heavy (non-hydrogen) atoms. The van der Waals surface area contributed by atoms with Gasteiger partial charge in [-0.3, -0.25) is 5.32 Å². The number of ether oxygens (including phenoxy) is 3. The predicted molar refractivity (Wildman–Crippen MR) is 106 cm³/mol. The van der Waals surface area contributed by atoms with Crippen LogP contribution >= 0.6 is 0 Å². The molecule has 7 heteroatoms. The first-order valence-electron chi connectivity index (χ1n) is 8.99. The summed E-state index contributed by atoms with van der Waals surface area (Å²) in [4.78, 5) is 23.5. The van der Waals surface area contributed by atoms with Crippen LogP contribution < -0.4 is 15.4 Å². The number of carbonyl (C=O) groups is 2. The van der Waals surface area contributed by atoms with Gasteiger partial charge in [0.15, 0.2) is 0 Å². The van der Waals surface area contributed by atoms with Crippen LogP contribution in [-0.2, 0) is 16.1 Å². The maximum Gasteiger partial charge on any atom is 0.412 e. The summed E-state index contributed by atoms with van der Waals surface area (Å²) < 4.78 is 15.9. The minimum absolute atomic E-state index is 0.214. The second-order valence-corrected chi connectivity index (χ2v) is 6.99. The zero-order chi connectivity index (χ0) is 20.4. The Hall–Kier alpha value is -3.22. The van der Waals surface area contributed by atoms with Gasteiger partial charge >= 0.3 is 12.2 Å². The second-order valence-electron chi connectivity index (χ2n) is 6.99. The largest absolute Gasteiger partial charge is 0.492 e. The summed E-state index contributed by atoms with van der Waals surface area (Å²) in [6.07, 6.45) is -1.04. The summed E-state index contributed by atoms with van der Waals surface area (Å²) in [7, 11) is 0. The molecule has 0 aliphatic heterocycles. The first-order chi connectivity index (χ1) is 13.3. The van der Waals surface area contributed by atoms with Gasteiger partial charge in [0.1, 0.15) is 24.6 Å². The van der Waals surface area contributed by atoms with E-state index in [-0.39, 0.29) is 19.8 Å². The third kappa shape index (κ3) is 8.44. The van der Waals surface area contributed by atoms with Gasteiger partial charge < -0.3 is 19.5 Å². The molecule has 2 N–H and O–H groups in total. The van der Waals surface area contributed by atoms with Crippen LogP contribution in [0.25, 0.3) is 0 Å². The molecular formula is C21H26N2O5. The first kappa shape index (κ1) is 21.1. The van der Waals surface area contributed by atoms with Gasteiger partial charge in [0.25, 0.3) is 0 Å². The molecule has 0 fully saturated rings. The van der Waals surface area contributed by atoms with Crippen molar-refractivity contribution in [3.8, 4) is 5.75 Å². The lowest BCUT2D eigenvalue weighted by molar-refractivity contribution is 0.0636. The van der Waals surface area contributed by atoms with Crippen LogP contribution in [0.5, 0.6) is 5.75 Å². The van der Waals surface area contributed by atoms with Crippen molar-refractivity contribution in [2.45, 2.75) is 33.0 Å². The molecule has 2 rings (SSSR count). The van der Waals surface area contributed by atoms with E-state index in [0.717, 1.165) is 5.56 Å². The normalized spacial score (nSPS) is 10.7. The van der Waals surface area contributed by atoms with E-state index in [9.17, 15) is 9.59 Å². The third-order valence-corrected chi connectivity index (χ3v) is 3.33. The molecule has 0 radical (unpaired) electrons. The molecular weight excluding hydrogens is 360 g/mol. The molecule has 0 heterocycles. The second kappa shape index (κ2) is 10.2. The summed E-state index contributed by atoms with van der Waals surface area (Å²) >= 11 is 0. The SMILES string of the molecule is CC(C)(C)OC(=O)Nc1cccc(OCCNC(=O)OCc2ccccc2)c1. The van der Waals surface area contributed by atoms with Crippen molar-refractivity contribution in [3.05, 3.63) is 60.2 Å². The Kier molecular flexibility index (Phi) is 7.68. The molecule has 2 aromatic rings. The molecule has 0 unspecified atom stereocenters. The van der Waals surface area contributed by atoms with Gasteiger partial charge in [-0.15, -0.1) is 0 Å². The Morgan fingerprint density at radius 1 is 0.964 bits per heavy atom. The average Bonchev–Trinajstić information content (AvgIpc) is 2.63. The Bertz CT molecular complexity index is 772. The van der Waals surface area contributed by atoms with Crippen LogP contribution in [0.15, 0.2) is 54.6 Å². The molecule has 150 valence electrons. The Morgan fingerprint density at radius 2 is 1.71 bits per heavy atom. The van der Waals surface area contributed by atoms with Gasteiger partial charge in [-0.1, -0.05) is 36.4 Å². The van der Waals surface area contributed by atoms with Crippen molar-refractivity contribution in [1.82, 2.24) is 5.32 Å². The average molecular weight is 386 g/mol. The maximum absolute atomic E-state index is 11.8. The highest BCUT2D eigenvalue weighted by Gasteiger charge is 2.16. The monoisotopic (exact) mass is 386 g/mol. The number of hydrogen-bond acceptors (Lipinski definition) is 5. The molecule has 2 amide bonds. The fourth-order valence-electron chi connectivity index (χ4n) is 2.18. The van der Waals surface area contributed by atoms with Crippen LogP contribution in [-0.4, -0.2) is 30.9 Å². The molecule has 7 nitrogen and oxygen atoms in total. The van der Waals surface area contributed by atoms with Crippen molar-refractivity contribution < 1.29 is 23.8 Å². The Balaban J connectivity index is 1.68. The highest BCUT2D eigenvalue weighted by molar-refractivity contribution is 5.85. The van der Waals surface area contributed by atoms with Crippen molar-refractivity contribution in [3.63, 3.8) is 0 Å². The Morgan fingerprint density at radius 3 is 2.43 bits per heavy atom. The van der Waals surface area contributed by atoms with E-state index < -0.39 is 17.8 Å². The van der Waals surface area contributed by atoms with Crippen molar-refractivity contribution >= 4 is 17.9 Å². The number of hydrogen-bond donors (Lipinski definition) is 2. The number of rotatable bonds is 7. The fraction of sp³-hybridized carbons (Fsp3) is 0.333. The Labute approximate surface area is 165 Å². The molecule has 0 aromatic heterocycles. The van der Waals surface area contributed by atoms with E-state index in [2.05, 4.69) is 10.6 Å². The first-order valence-corrected chi connectivity index (χ1v) is 8.99. The lowest BCUT2D eigenvalue weighted by Gasteiger charge is -2.19. The highest BCUT2D eigenvalue weighted by Crippen LogP contribution is 2.18. The fourth-order valence-corrected chi connectivity index (χ4v) is 2.18. The summed E-state index contributed by atoms with van der Waals surface area (Å²) in [6, 6.07) is 16.4. The molecule has 0 spiro atoms. The standard InChI is InChI=1S/C21H26N2O5/c1-21(2,3)28-20(25)23-17-10-7-11-18(14-17)26-13-12-22-19(24)27-15-16-8-5-4-6-9-16/h4-11,14H,12-13,15H2,1-3H3,(H,22,24)(H,23,25). The van der Waals surface area contributed by atoms with E-state index in [4.69, 9.17) is 14.2 Å². The lowest BCUT2D eigenvalue weighted by atomic mass is 10.2. The van der Waals surface area contributed by atoms with Crippen LogP contribution in [0.4, 0.5) is 15.3 Å². The van der Waals surface area contributed by atoms with Gasteiger partial charge in [0, 0.05) is 11.8 Å². The van der Waals surface area contributed by atoms with E-state index in [1.54, 1.807) is 45.0 Å². The summed E-state index contributed by atoms with van der Waals surface area (Å²) in [5.74, 6) is 0.563. The van der Waals surface area contributed by atoms with Crippen molar-refractivity contribution in [2.75, 3.05) is 18.5 Å². The third-order valence-electron chi connectivity index (χ3n) is 3.33. The molecule has 0 bridgehead atoms. The lowest BCUT2D eigenvalue weighted by Crippen LogP contribution is -2.28. The van der Waals surface area contributed by atoms with Gasteiger partial charge in [0.05, 0.1) is 6.54 Å². The van der Waals surface area contributed by atoms with E-state index in [0.29, 0.717) is 11.4 Å². The minimum Gasteiger partial charge on any atom is -0.492 e. The predicted octanol–water partition coefficient (Wildman–Crippen LogP) is 4.34. The van der Waals surface area contributed by atoms with Gasteiger partial charge in [-0.05, 0) is 38.5 Å². The van der Waals surface area contributed by atoms with Crippen molar-refractivity contribution in [2.24, 2.45) is 0 Å². The number of nitrogens with one attached hydrogen (secondary N) is 2. The number of benzene rings is 2. The summed E-state index contributed by atoms with van der Waals surface area (Å²) in [5, 5.41) is 5.27. The molecule has 0 saturated carbocycles. The minimum atomic E-state index is -0.570. The van der Waals surface area contributed by atoms with E-state index in [1.807, 2.05) is 30.3 Å². The quantitative estimate of drug-likeness (QED) is 0.692. The zero-order valence-electron chi connectivity index (χ0n) is 16.4. The van der Waals surface area contributed by atoms with Crippen LogP contribution in [0.3, 0.4) is 0 Å². The molecule has 0 saturated heterocycles. The number of amides is 2. The number of carbonyl (C=O) groups excluding carboxylic acids is 2. The highest BCUT2D eigenvalue weighted by atomic mass is 16.6. The van der Waals surface area contributed by atoms with Gasteiger partial charge in [-0.25, -0.2) is 9.59 Å². The summed E-state index contributed by atoms with van der Waals surface area (Å²) in [5.41, 5.74) is 0.907. The molecule has 0 aliphatic rings. The van der Waals surface area contributed by atoms with Gasteiger partial charge in [-0.2, -0.15) is 0 Å². The number of alkyl carbamates (subject to hydrolysis) is 1. The zero-order valence-corrected chi connectivity index (χ0v) is 16.4. The molecule has 0 aliphatic carbocycles. The smallest absolute Gasteiger partial charge is 0.412 e. The summed E-state index contributed by atoms with van der Waals surface area (Å²) in [6.45, 7) is 6.15. The van der Waals surface area contributed by atoms with E-state index in [1.165, 1.54) is 0 Å². The van der Waals surface area contributed by atoms with Crippen LogP contribution in [0.1, 0.15) is 26.3 Å². The van der Waals surface area contributed by atoms with Gasteiger partial charge in [0.2, 0.25) is 0 Å². The van der Waals surface area contributed by atoms with Crippen molar-refractivity contribution in [1.29, 1.82) is 0 Å². The van der Waals surface area contributed by atoms with Crippen LogP contribution in [0.2, 0.25) is 0 Å². The van der Waals surface area contributed by atoms with Crippen LogP contribution in [0, 0.1) is 0 Å². The molecule has 0 atom stereocenters.